The highest BCUT2D eigenvalue weighted by atomic mass is 32.2. The Kier molecular flexibility index (Phi) is 13.1. The van der Waals surface area contributed by atoms with Gasteiger partial charge in [0.15, 0.2) is 0 Å². The van der Waals surface area contributed by atoms with Crippen LogP contribution in [-0.2, 0) is 34.6 Å². The van der Waals surface area contributed by atoms with Crippen molar-refractivity contribution in [1.82, 2.24) is 20.3 Å². The van der Waals surface area contributed by atoms with Crippen LogP contribution in [0.15, 0.2) is 71.1 Å². The number of likely N-dealkylation sites (N-methyl/N-ethyl adjacent to an activating group) is 2. The number of carbonyl (C=O) groups excluding carboxylic acids is 4. The normalized spacial score (nSPS) is 14.5. The van der Waals surface area contributed by atoms with E-state index in [1.54, 1.807) is 20.2 Å². The van der Waals surface area contributed by atoms with E-state index in [1.165, 1.54) is 43.2 Å². The maximum atomic E-state index is 14.1. The van der Waals surface area contributed by atoms with E-state index in [0.29, 0.717) is 0 Å². The fourth-order valence-electron chi connectivity index (χ4n) is 5.31. The van der Waals surface area contributed by atoms with Crippen LogP contribution in [0, 0.1) is 11.3 Å². The number of nitrogens with one attached hydrogen (secondary N) is 3. The summed E-state index contributed by atoms with van der Waals surface area (Å²) in [5, 5.41) is 6.12. The lowest BCUT2D eigenvalue weighted by Crippen LogP contribution is -2.61. The molecule has 0 aliphatic rings. The molecule has 3 unspecified atom stereocenters. The van der Waals surface area contributed by atoms with Crippen molar-refractivity contribution in [2.24, 2.45) is 11.3 Å². The highest BCUT2D eigenvalue weighted by Crippen LogP contribution is 2.29. The minimum Gasteiger partial charge on any atom is -0.465 e. The molecule has 0 aromatic heterocycles. The standard InChI is InChI=1S/C35H50N4O7S/c1-22(2)27(21-23(3)30(40)38-47(44,45)26-19-17-24(18-20-26)33(43)46-11)39(10)32(42)29(34(4,5)6)37-31(41)28(36-9)35(7,8)25-15-13-12-14-16-25/h12-22,27-29,36H,1-11H3,(H,37,41)(H,38,40)/b23-21+. The first-order valence-corrected chi connectivity index (χ1v) is 16.9. The van der Waals surface area contributed by atoms with Gasteiger partial charge in [-0.2, -0.15) is 0 Å². The van der Waals surface area contributed by atoms with Gasteiger partial charge in [0, 0.05) is 18.0 Å². The zero-order valence-corrected chi connectivity index (χ0v) is 30.1. The van der Waals surface area contributed by atoms with E-state index in [1.807, 2.05) is 83.5 Å². The van der Waals surface area contributed by atoms with E-state index in [4.69, 9.17) is 0 Å². The largest absolute Gasteiger partial charge is 0.465 e. The van der Waals surface area contributed by atoms with Crippen molar-refractivity contribution in [1.29, 1.82) is 0 Å². The molecule has 12 heteroatoms. The summed E-state index contributed by atoms with van der Waals surface area (Å²) >= 11 is 0. The lowest BCUT2D eigenvalue weighted by atomic mass is 9.76. The number of hydrogen-bond acceptors (Lipinski definition) is 8. The average molecular weight is 671 g/mol. The van der Waals surface area contributed by atoms with Crippen molar-refractivity contribution in [3.05, 3.63) is 77.4 Å². The van der Waals surface area contributed by atoms with Crippen LogP contribution in [0.5, 0.6) is 0 Å². The molecule has 11 nitrogen and oxygen atoms in total. The van der Waals surface area contributed by atoms with Crippen molar-refractivity contribution in [2.45, 2.75) is 83.8 Å². The minimum atomic E-state index is -4.26. The van der Waals surface area contributed by atoms with Crippen LogP contribution < -0.4 is 15.4 Å². The SMILES string of the molecule is CNC(C(=O)NC(C(=O)N(C)C(/C=C(\C)C(=O)NS(=O)(=O)c1ccc(C(=O)OC)cc1)C(C)C)C(C)(C)C)C(C)(C)c1ccccc1. The van der Waals surface area contributed by atoms with Crippen LogP contribution in [0.25, 0.3) is 0 Å². The second kappa shape index (κ2) is 15.7. The topological polar surface area (TPSA) is 151 Å². The molecule has 3 N–H and O–H groups in total. The molecule has 0 heterocycles. The van der Waals surface area contributed by atoms with E-state index < -0.39 is 50.9 Å². The summed E-state index contributed by atoms with van der Waals surface area (Å²) in [5.74, 6) is -2.36. The first kappa shape index (κ1) is 39.1. The average Bonchev–Trinajstić information content (AvgIpc) is 3.01. The van der Waals surface area contributed by atoms with Crippen molar-refractivity contribution in [2.75, 3.05) is 21.2 Å². The zero-order valence-electron chi connectivity index (χ0n) is 29.3. The number of rotatable bonds is 13. The van der Waals surface area contributed by atoms with Gasteiger partial charge in [0.1, 0.15) is 6.04 Å². The molecule has 0 fully saturated rings. The molecule has 2 rings (SSSR count). The molecule has 0 aliphatic heterocycles. The van der Waals surface area contributed by atoms with E-state index in [9.17, 15) is 27.6 Å². The number of methoxy groups -OCH3 is 1. The maximum absolute atomic E-state index is 14.1. The molecule has 47 heavy (non-hydrogen) atoms. The van der Waals surface area contributed by atoms with Gasteiger partial charge in [0.25, 0.3) is 15.9 Å². The van der Waals surface area contributed by atoms with Crippen molar-refractivity contribution >= 4 is 33.7 Å². The van der Waals surface area contributed by atoms with Gasteiger partial charge in [-0.15, -0.1) is 0 Å². The molecule has 3 amide bonds. The van der Waals surface area contributed by atoms with E-state index in [2.05, 4.69) is 15.4 Å². The Labute approximate surface area is 279 Å². The number of nitrogens with zero attached hydrogens (tertiary/aromatic N) is 1. The Balaban J connectivity index is 2.32. The Bertz CT molecular complexity index is 1560. The summed E-state index contributed by atoms with van der Waals surface area (Å²) in [6, 6.07) is 12.4. The number of carbonyl (C=O) groups is 4. The molecule has 2 aromatic carbocycles. The van der Waals surface area contributed by atoms with Crippen molar-refractivity contribution < 1.29 is 32.3 Å². The Hall–Kier alpha value is -4.03. The van der Waals surface area contributed by atoms with E-state index in [-0.39, 0.29) is 33.8 Å². The second-order valence-electron chi connectivity index (χ2n) is 13.6. The summed E-state index contributed by atoms with van der Waals surface area (Å²) < 4.78 is 32.5. The lowest BCUT2D eigenvalue weighted by Gasteiger charge is -2.40. The monoisotopic (exact) mass is 670 g/mol. The number of sulfonamides is 1. The van der Waals surface area contributed by atoms with Gasteiger partial charge in [0.05, 0.1) is 29.7 Å². The summed E-state index contributed by atoms with van der Waals surface area (Å²) in [5.41, 5.74) is -0.0775. The van der Waals surface area contributed by atoms with Crippen molar-refractivity contribution in [3.63, 3.8) is 0 Å². The molecule has 0 saturated heterocycles. The fourth-order valence-corrected chi connectivity index (χ4v) is 6.33. The lowest BCUT2D eigenvalue weighted by molar-refractivity contribution is -0.140. The minimum absolute atomic E-state index is 0.0781. The smallest absolute Gasteiger partial charge is 0.337 e. The predicted octanol–water partition coefficient (Wildman–Crippen LogP) is 3.80. The third-order valence-corrected chi connectivity index (χ3v) is 9.61. The van der Waals surface area contributed by atoms with Crippen LogP contribution in [0.1, 0.15) is 71.3 Å². The molecule has 0 radical (unpaired) electrons. The predicted molar refractivity (Wildman–Crippen MR) is 182 cm³/mol. The zero-order chi connectivity index (χ0) is 35.9. The third-order valence-electron chi connectivity index (χ3n) is 8.26. The molecule has 0 bridgehead atoms. The number of amides is 3. The van der Waals surface area contributed by atoms with E-state index >= 15 is 0 Å². The van der Waals surface area contributed by atoms with Gasteiger partial charge < -0.3 is 20.3 Å². The molecule has 3 atom stereocenters. The summed E-state index contributed by atoms with van der Waals surface area (Å²) in [6.45, 7) is 14.7. The van der Waals surface area contributed by atoms with Crippen LogP contribution >= 0.6 is 0 Å². The van der Waals surface area contributed by atoms with Crippen LogP contribution in [0.4, 0.5) is 0 Å². The summed E-state index contributed by atoms with van der Waals surface area (Å²) in [4.78, 5) is 53.9. The number of esters is 1. The summed E-state index contributed by atoms with van der Waals surface area (Å²) in [6.07, 6.45) is 1.55. The van der Waals surface area contributed by atoms with Gasteiger partial charge in [-0.3, -0.25) is 14.4 Å². The molecule has 0 spiro atoms. The third kappa shape index (κ3) is 9.74. The van der Waals surface area contributed by atoms with Crippen LogP contribution in [-0.4, -0.2) is 76.3 Å². The van der Waals surface area contributed by atoms with Gasteiger partial charge >= 0.3 is 5.97 Å². The molecule has 0 aliphatic carbocycles. The Morgan fingerprint density at radius 2 is 1.45 bits per heavy atom. The summed E-state index contributed by atoms with van der Waals surface area (Å²) in [7, 11) is 0.258. The first-order valence-electron chi connectivity index (χ1n) is 15.4. The first-order chi connectivity index (χ1) is 21.7. The molecular formula is C35H50N4O7S. The number of hydrogen-bond donors (Lipinski definition) is 3. The molecule has 0 saturated carbocycles. The van der Waals surface area contributed by atoms with Crippen LogP contribution in [0.2, 0.25) is 0 Å². The van der Waals surface area contributed by atoms with Gasteiger partial charge in [0.2, 0.25) is 11.8 Å². The van der Waals surface area contributed by atoms with E-state index in [0.717, 1.165) is 5.56 Å². The maximum Gasteiger partial charge on any atom is 0.337 e. The van der Waals surface area contributed by atoms with Crippen molar-refractivity contribution in [3.8, 4) is 0 Å². The second-order valence-corrected chi connectivity index (χ2v) is 15.3. The van der Waals surface area contributed by atoms with Gasteiger partial charge in [-0.05, 0) is 55.1 Å². The van der Waals surface area contributed by atoms with Gasteiger partial charge in [-0.25, -0.2) is 17.9 Å². The fraction of sp³-hybridized carbons (Fsp3) is 0.486. The number of benzene rings is 2. The molecule has 2 aromatic rings. The molecule has 258 valence electrons. The quantitative estimate of drug-likeness (QED) is 0.215. The Morgan fingerprint density at radius 3 is 1.91 bits per heavy atom. The Morgan fingerprint density at radius 1 is 0.894 bits per heavy atom. The molecular weight excluding hydrogens is 620 g/mol. The highest BCUT2D eigenvalue weighted by molar-refractivity contribution is 7.90. The number of ether oxygens (including phenoxy) is 1. The highest BCUT2D eigenvalue weighted by Gasteiger charge is 2.41. The van der Waals surface area contributed by atoms with Gasteiger partial charge in [-0.1, -0.05) is 84.9 Å². The van der Waals surface area contributed by atoms with Crippen LogP contribution in [0.3, 0.4) is 0 Å².